The van der Waals surface area contributed by atoms with Gasteiger partial charge in [-0.05, 0) is 24.5 Å². The van der Waals surface area contributed by atoms with Crippen molar-refractivity contribution in [3.05, 3.63) is 41.5 Å². The fourth-order valence-corrected chi connectivity index (χ4v) is 3.38. The summed E-state index contributed by atoms with van der Waals surface area (Å²) < 4.78 is 10.6. The van der Waals surface area contributed by atoms with Crippen LogP contribution in [0.4, 0.5) is 0 Å². The van der Waals surface area contributed by atoms with E-state index in [0.29, 0.717) is 36.0 Å². The maximum atomic E-state index is 13.0. The van der Waals surface area contributed by atoms with E-state index < -0.39 is 11.4 Å². The molecule has 27 heavy (non-hydrogen) atoms. The van der Waals surface area contributed by atoms with Crippen molar-refractivity contribution in [3.63, 3.8) is 0 Å². The Kier molecular flexibility index (Phi) is 5.16. The van der Waals surface area contributed by atoms with Gasteiger partial charge >= 0.3 is 5.97 Å². The van der Waals surface area contributed by atoms with Gasteiger partial charge in [0.2, 0.25) is 11.7 Å². The van der Waals surface area contributed by atoms with Crippen molar-refractivity contribution in [2.75, 3.05) is 13.1 Å². The van der Waals surface area contributed by atoms with Crippen molar-refractivity contribution in [2.24, 2.45) is 11.3 Å². The molecule has 1 aromatic carbocycles. The van der Waals surface area contributed by atoms with E-state index in [2.05, 4.69) is 10.1 Å². The van der Waals surface area contributed by atoms with Crippen LogP contribution < -0.4 is 4.74 Å². The number of hydrogen-bond donors (Lipinski definition) is 1. The molecule has 8 heteroatoms. The fourth-order valence-electron chi connectivity index (χ4n) is 3.38. The van der Waals surface area contributed by atoms with Crippen LogP contribution in [0, 0.1) is 18.3 Å². The van der Waals surface area contributed by atoms with Gasteiger partial charge in [0.25, 0.3) is 5.91 Å². The summed E-state index contributed by atoms with van der Waals surface area (Å²) in [6.07, 6.45) is 0.441. The Labute approximate surface area is 157 Å². The van der Waals surface area contributed by atoms with E-state index >= 15 is 0 Å². The summed E-state index contributed by atoms with van der Waals surface area (Å²) >= 11 is 0. The zero-order valence-electron chi connectivity index (χ0n) is 15.6. The lowest BCUT2D eigenvalue weighted by Crippen LogP contribution is -2.40. The van der Waals surface area contributed by atoms with Crippen LogP contribution in [0.1, 0.15) is 42.3 Å². The van der Waals surface area contributed by atoms with Crippen LogP contribution in [0.25, 0.3) is 0 Å². The average Bonchev–Trinajstić information content (AvgIpc) is 3.27. The quantitative estimate of drug-likeness (QED) is 0.829. The maximum Gasteiger partial charge on any atom is 0.311 e. The molecule has 0 bridgehead atoms. The fraction of sp³-hybridized carbons (Fsp3) is 0.474. The molecule has 1 N–H and O–H groups in total. The van der Waals surface area contributed by atoms with Gasteiger partial charge in [-0.15, -0.1) is 0 Å². The number of hydrogen-bond acceptors (Lipinski definition) is 6. The summed E-state index contributed by atoms with van der Waals surface area (Å²) in [5.41, 5.74) is -0.518. The van der Waals surface area contributed by atoms with Gasteiger partial charge in [-0.2, -0.15) is 4.98 Å². The highest BCUT2D eigenvalue weighted by Gasteiger charge is 2.48. The summed E-state index contributed by atoms with van der Waals surface area (Å²) in [7, 11) is 0. The number of aliphatic carboxylic acids is 1. The molecule has 1 aliphatic heterocycles. The molecule has 2 aromatic rings. The molecule has 0 aliphatic carbocycles. The van der Waals surface area contributed by atoms with E-state index in [1.807, 2.05) is 13.8 Å². The van der Waals surface area contributed by atoms with Crippen LogP contribution in [-0.2, 0) is 11.4 Å². The Morgan fingerprint density at radius 3 is 2.70 bits per heavy atom. The van der Waals surface area contributed by atoms with Crippen molar-refractivity contribution in [2.45, 2.75) is 33.8 Å². The average molecular weight is 373 g/mol. The number of amides is 1. The second-order valence-corrected chi connectivity index (χ2v) is 7.11. The second kappa shape index (κ2) is 7.38. The van der Waals surface area contributed by atoms with E-state index in [1.54, 1.807) is 36.1 Å². The molecular formula is C19H23N3O5. The Morgan fingerprint density at radius 2 is 2.11 bits per heavy atom. The lowest BCUT2D eigenvalue weighted by Gasteiger charge is -2.28. The van der Waals surface area contributed by atoms with Crippen LogP contribution in [0.2, 0.25) is 0 Å². The minimum atomic E-state index is -0.909. The van der Waals surface area contributed by atoms with Gasteiger partial charge in [0, 0.05) is 20.0 Å². The third-order valence-electron chi connectivity index (χ3n) is 5.16. The standard InChI is InChI=1S/C19H23N3O5/c1-12(2)19(18(24)25)8-9-22(11-19)17(23)14-6-4-5-7-15(14)26-10-16-20-13(3)27-21-16/h4-7,12H,8-11H2,1-3H3,(H,24,25). The van der Waals surface area contributed by atoms with Gasteiger partial charge < -0.3 is 19.3 Å². The number of rotatable bonds is 6. The molecule has 144 valence electrons. The van der Waals surface area contributed by atoms with Gasteiger partial charge in [-0.1, -0.05) is 31.1 Å². The number of likely N-dealkylation sites (tertiary alicyclic amines) is 1. The number of para-hydroxylation sites is 1. The third kappa shape index (κ3) is 3.65. The predicted molar refractivity (Wildman–Crippen MR) is 95.2 cm³/mol. The minimum absolute atomic E-state index is 0.0687. The molecule has 0 spiro atoms. The number of nitrogens with zero attached hydrogens (tertiary/aromatic N) is 3. The lowest BCUT2D eigenvalue weighted by atomic mass is 9.76. The number of carboxylic acid groups (broad SMARTS) is 1. The SMILES string of the molecule is Cc1nc(COc2ccccc2C(=O)N2CCC(C(=O)O)(C(C)C)C2)no1. The highest BCUT2D eigenvalue weighted by Crippen LogP contribution is 2.39. The van der Waals surface area contributed by atoms with Gasteiger partial charge in [0.1, 0.15) is 5.75 Å². The van der Waals surface area contributed by atoms with Crippen molar-refractivity contribution in [3.8, 4) is 5.75 Å². The van der Waals surface area contributed by atoms with Gasteiger partial charge in [0.15, 0.2) is 6.61 Å². The summed E-state index contributed by atoms with van der Waals surface area (Å²) in [6.45, 7) is 6.12. The molecule has 1 atom stereocenters. The minimum Gasteiger partial charge on any atom is -0.485 e. The summed E-state index contributed by atoms with van der Waals surface area (Å²) in [5, 5.41) is 13.5. The number of aromatic nitrogens is 2. The number of carbonyl (C=O) groups excluding carboxylic acids is 1. The van der Waals surface area contributed by atoms with E-state index in [-0.39, 0.29) is 25.0 Å². The van der Waals surface area contributed by atoms with E-state index in [9.17, 15) is 14.7 Å². The lowest BCUT2D eigenvalue weighted by molar-refractivity contribution is -0.150. The zero-order chi connectivity index (χ0) is 19.6. The van der Waals surface area contributed by atoms with Crippen LogP contribution in [0.3, 0.4) is 0 Å². The molecule has 1 unspecified atom stereocenters. The molecule has 8 nitrogen and oxygen atoms in total. The van der Waals surface area contributed by atoms with Gasteiger partial charge in [-0.25, -0.2) is 0 Å². The highest BCUT2D eigenvalue weighted by atomic mass is 16.5. The van der Waals surface area contributed by atoms with Crippen LogP contribution >= 0.6 is 0 Å². The molecule has 1 saturated heterocycles. The number of carboxylic acids is 1. The van der Waals surface area contributed by atoms with Crippen LogP contribution in [-0.4, -0.2) is 45.1 Å². The normalized spacial score (nSPS) is 19.5. The first-order valence-corrected chi connectivity index (χ1v) is 8.87. The molecule has 3 rings (SSSR count). The Bertz CT molecular complexity index is 847. The first-order valence-electron chi connectivity index (χ1n) is 8.87. The summed E-state index contributed by atoms with van der Waals surface area (Å²) in [6, 6.07) is 6.90. The molecule has 1 fully saturated rings. The van der Waals surface area contributed by atoms with Crippen molar-refractivity contribution in [1.82, 2.24) is 15.0 Å². The first kappa shape index (κ1) is 18.9. The van der Waals surface area contributed by atoms with Crippen LogP contribution in [0.15, 0.2) is 28.8 Å². The summed E-state index contributed by atoms with van der Waals surface area (Å²) in [4.78, 5) is 30.5. The molecule has 0 radical (unpaired) electrons. The Balaban J connectivity index is 1.76. The molecule has 0 saturated carbocycles. The highest BCUT2D eigenvalue weighted by molar-refractivity contribution is 5.97. The number of carbonyl (C=O) groups is 2. The molecule has 2 heterocycles. The monoisotopic (exact) mass is 373 g/mol. The second-order valence-electron chi connectivity index (χ2n) is 7.11. The predicted octanol–water partition coefficient (Wildman–Crippen LogP) is 2.53. The Morgan fingerprint density at radius 1 is 1.37 bits per heavy atom. The molecule has 1 amide bonds. The molecule has 1 aliphatic rings. The first-order chi connectivity index (χ1) is 12.8. The zero-order valence-corrected chi connectivity index (χ0v) is 15.6. The topological polar surface area (TPSA) is 106 Å². The van der Waals surface area contributed by atoms with Crippen LogP contribution in [0.5, 0.6) is 5.75 Å². The van der Waals surface area contributed by atoms with E-state index in [1.165, 1.54) is 0 Å². The Hall–Kier alpha value is -2.90. The van der Waals surface area contributed by atoms with Gasteiger partial charge in [-0.3, -0.25) is 9.59 Å². The van der Waals surface area contributed by atoms with Gasteiger partial charge in [0.05, 0.1) is 11.0 Å². The summed E-state index contributed by atoms with van der Waals surface area (Å²) in [5.74, 6) is 0.0703. The largest absolute Gasteiger partial charge is 0.485 e. The molecule has 1 aromatic heterocycles. The smallest absolute Gasteiger partial charge is 0.311 e. The number of ether oxygens (including phenoxy) is 1. The number of benzene rings is 1. The van der Waals surface area contributed by atoms with E-state index in [4.69, 9.17) is 9.26 Å². The van der Waals surface area contributed by atoms with Crippen molar-refractivity contribution < 1.29 is 24.0 Å². The van der Waals surface area contributed by atoms with Crippen molar-refractivity contribution >= 4 is 11.9 Å². The molecular weight excluding hydrogens is 350 g/mol. The van der Waals surface area contributed by atoms with Crippen molar-refractivity contribution in [1.29, 1.82) is 0 Å². The van der Waals surface area contributed by atoms with E-state index in [0.717, 1.165) is 0 Å². The third-order valence-corrected chi connectivity index (χ3v) is 5.16. The maximum absolute atomic E-state index is 13.0. The number of aryl methyl sites for hydroxylation is 1.